The van der Waals surface area contributed by atoms with Crippen LogP contribution in [0.3, 0.4) is 0 Å². The first-order valence-electron chi connectivity index (χ1n) is 10.8. The molecule has 1 aromatic heterocycles. The minimum Gasteiger partial charge on any atom is -0.465 e. The van der Waals surface area contributed by atoms with Gasteiger partial charge in [-0.1, -0.05) is 23.5 Å². The van der Waals surface area contributed by atoms with Crippen molar-refractivity contribution < 1.29 is 9.53 Å². The Bertz CT molecular complexity index is 1010. The van der Waals surface area contributed by atoms with Crippen molar-refractivity contribution >= 4 is 34.8 Å². The average Bonchev–Trinajstić information content (AvgIpc) is 3.41. The van der Waals surface area contributed by atoms with Gasteiger partial charge in [-0.05, 0) is 61.6 Å². The molecule has 5 unspecified atom stereocenters. The second-order valence-corrected chi connectivity index (χ2v) is 11.0. The van der Waals surface area contributed by atoms with Crippen molar-refractivity contribution in [3.05, 3.63) is 44.4 Å². The number of esters is 1. The fraction of sp³-hybridized carbons (Fsp3) is 0.565. The summed E-state index contributed by atoms with van der Waals surface area (Å²) in [6, 6.07) is 8.83. The van der Waals surface area contributed by atoms with Crippen LogP contribution in [-0.4, -0.2) is 36.5 Å². The third kappa shape index (κ3) is 3.21. The highest BCUT2D eigenvalue weighted by atomic mass is 32.2. The molecule has 0 radical (unpaired) electrons. The summed E-state index contributed by atoms with van der Waals surface area (Å²) in [6.45, 7) is 2.15. The predicted molar refractivity (Wildman–Crippen MR) is 122 cm³/mol. The lowest BCUT2D eigenvalue weighted by atomic mass is 9.75. The van der Waals surface area contributed by atoms with Gasteiger partial charge in [0.05, 0.1) is 11.6 Å². The molecule has 2 aromatic rings. The van der Waals surface area contributed by atoms with Crippen LogP contribution < -0.4 is 9.77 Å². The Labute approximate surface area is 185 Å². The van der Waals surface area contributed by atoms with Crippen LogP contribution in [0, 0.1) is 17.8 Å². The summed E-state index contributed by atoms with van der Waals surface area (Å²) in [5, 5.41) is 1.55. The lowest BCUT2D eigenvalue weighted by Gasteiger charge is -2.40. The molecule has 2 heterocycles. The Morgan fingerprint density at radius 3 is 2.63 bits per heavy atom. The zero-order chi connectivity index (χ0) is 21.0. The van der Waals surface area contributed by atoms with Crippen LogP contribution in [0.2, 0.25) is 0 Å². The molecule has 2 bridgehead atoms. The van der Waals surface area contributed by atoms with E-state index in [0.717, 1.165) is 21.7 Å². The van der Waals surface area contributed by atoms with Crippen molar-refractivity contribution in [3.8, 4) is 0 Å². The van der Waals surface area contributed by atoms with E-state index in [4.69, 9.17) is 4.74 Å². The lowest BCUT2D eigenvalue weighted by molar-refractivity contribution is -0.144. The fourth-order valence-electron chi connectivity index (χ4n) is 5.78. The summed E-state index contributed by atoms with van der Waals surface area (Å²) >= 11 is 3.20. The number of thioether (sulfide) groups is 1. The van der Waals surface area contributed by atoms with Crippen LogP contribution in [0.15, 0.2) is 34.1 Å². The molecule has 0 saturated heterocycles. The minimum absolute atomic E-state index is 0.0171. The van der Waals surface area contributed by atoms with Gasteiger partial charge in [0.15, 0.2) is 0 Å². The van der Waals surface area contributed by atoms with Crippen LogP contribution in [0.25, 0.3) is 0 Å². The van der Waals surface area contributed by atoms with Crippen LogP contribution in [0.1, 0.15) is 42.5 Å². The van der Waals surface area contributed by atoms with Crippen molar-refractivity contribution in [2.75, 3.05) is 25.6 Å². The smallest absolute Gasteiger partial charge is 0.326 e. The van der Waals surface area contributed by atoms with Gasteiger partial charge in [-0.25, -0.2) is 0 Å². The number of fused-ring (bicyclic) bond motifs is 6. The molecule has 2 fully saturated rings. The Kier molecular flexibility index (Phi) is 5.22. The van der Waals surface area contributed by atoms with Crippen molar-refractivity contribution in [3.63, 3.8) is 0 Å². The SMILES string of the molecule is CCOC(=O)Cn1c2c(sc1=O)C(c1ccc(N(C)C)cc1)C1C3CCC(C3)C1S2. The molecular formula is C23H28N2O3S2. The number of anilines is 1. The third-order valence-corrected chi connectivity index (χ3v) is 9.88. The molecule has 30 heavy (non-hydrogen) atoms. The predicted octanol–water partition coefficient (Wildman–Crippen LogP) is 4.19. The topological polar surface area (TPSA) is 51.5 Å². The van der Waals surface area contributed by atoms with Crippen molar-refractivity contribution in [1.29, 1.82) is 0 Å². The zero-order valence-corrected chi connectivity index (χ0v) is 19.3. The van der Waals surface area contributed by atoms with Gasteiger partial charge in [-0.15, -0.1) is 11.8 Å². The standard InChI is InChI=1S/C23H28N2O3S2/c1-4-28-17(26)12-25-22-21(30-23(25)27)18(13-7-9-16(10-8-13)24(2)3)19-14-5-6-15(11-14)20(19)29-22/h7-10,14-15,18-20H,4-6,11-12H2,1-3H3. The maximum atomic E-state index is 12.9. The molecule has 5 atom stereocenters. The molecule has 5 nitrogen and oxygen atoms in total. The van der Waals surface area contributed by atoms with Gasteiger partial charge in [0.25, 0.3) is 0 Å². The summed E-state index contributed by atoms with van der Waals surface area (Å²) in [7, 11) is 4.11. The van der Waals surface area contributed by atoms with Crippen LogP contribution >= 0.6 is 23.1 Å². The molecule has 160 valence electrons. The van der Waals surface area contributed by atoms with Crippen LogP contribution in [-0.2, 0) is 16.1 Å². The van der Waals surface area contributed by atoms with Gasteiger partial charge >= 0.3 is 10.8 Å². The molecule has 2 aliphatic carbocycles. The highest BCUT2D eigenvalue weighted by Crippen LogP contribution is 2.64. The Hall–Kier alpha value is -1.73. The van der Waals surface area contributed by atoms with Gasteiger partial charge in [0, 0.05) is 35.8 Å². The van der Waals surface area contributed by atoms with E-state index in [1.54, 1.807) is 11.5 Å². The number of hydrogen-bond acceptors (Lipinski definition) is 6. The number of benzene rings is 1. The van der Waals surface area contributed by atoms with Crippen molar-refractivity contribution in [2.45, 2.75) is 48.9 Å². The van der Waals surface area contributed by atoms with Gasteiger partial charge in [-0.2, -0.15) is 0 Å². The summed E-state index contributed by atoms with van der Waals surface area (Å²) < 4.78 is 6.81. The monoisotopic (exact) mass is 444 g/mol. The summed E-state index contributed by atoms with van der Waals surface area (Å²) in [4.78, 5) is 28.3. The average molecular weight is 445 g/mol. The highest BCUT2D eigenvalue weighted by molar-refractivity contribution is 8.00. The lowest BCUT2D eigenvalue weighted by Crippen LogP contribution is -2.34. The second-order valence-electron chi connectivity index (χ2n) is 8.89. The maximum absolute atomic E-state index is 12.9. The zero-order valence-electron chi connectivity index (χ0n) is 17.7. The van der Waals surface area contributed by atoms with E-state index >= 15 is 0 Å². The van der Waals surface area contributed by atoms with E-state index in [2.05, 4.69) is 43.3 Å². The van der Waals surface area contributed by atoms with E-state index in [9.17, 15) is 9.59 Å². The largest absolute Gasteiger partial charge is 0.465 e. The number of carbonyl (C=O) groups excluding carboxylic acids is 1. The minimum atomic E-state index is -0.331. The number of rotatable bonds is 5. The number of nitrogens with zero attached hydrogens (tertiary/aromatic N) is 2. The first-order chi connectivity index (χ1) is 14.5. The molecule has 0 amide bonds. The number of hydrogen-bond donors (Lipinski definition) is 0. The molecular weight excluding hydrogens is 416 g/mol. The Morgan fingerprint density at radius 1 is 1.20 bits per heavy atom. The molecule has 0 N–H and O–H groups in total. The normalized spacial score (nSPS) is 28.8. The van der Waals surface area contributed by atoms with Gasteiger partial charge in [-0.3, -0.25) is 14.2 Å². The first-order valence-corrected chi connectivity index (χ1v) is 12.5. The van der Waals surface area contributed by atoms with Crippen LogP contribution in [0.4, 0.5) is 5.69 Å². The van der Waals surface area contributed by atoms with E-state index < -0.39 is 0 Å². The summed E-state index contributed by atoms with van der Waals surface area (Å²) in [5.74, 6) is 1.98. The maximum Gasteiger partial charge on any atom is 0.326 e. The molecule has 3 aliphatic rings. The summed E-state index contributed by atoms with van der Waals surface area (Å²) in [5.41, 5.74) is 2.48. The van der Waals surface area contributed by atoms with E-state index in [-0.39, 0.29) is 23.3 Å². The molecule has 7 heteroatoms. The van der Waals surface area contributed by atoms with E-state index in [1.165, 1.54) is 41.9 Å². The molecule has 1 aromatic carbocycles. The molecule has 5 rings (SSSR count). The fourth-order valence-corrected chi connectivity index (χ4v) is 8.93. The second kappa shape index (κ2) is 7.75. The first kappa shape index (κ1) is 20.2. The molecule has 1 aliphatic heterocycles. The summed E-state index contributed by atoms with van der Waals surface area (Å²) in [6.07, 6.45) is 3.92. The third-order valence-electron chi connectivity index (χ3n) is 7.05. The van der Waals surface area contributed by atoms with E-state index in [0.29, 0.717) is 17.8 Å². The Balaban J connectivity index is 1.59. The molecule has 0 spiro atoms. The number of thiazole rings is 1. The quantitative estimate of drug-likeness (QED) is 0.647. The van der Waals surface area contributed by atoms with Crippen molar-refractivity contribution in [2.24, 2.45) is 17.8 Å². The Morgan fingerprint density at radius 2 is 1.93 bits per heavy atom. The van der Waals surface area contributed by atoms with Crippen LogP contribution in [0.5, 0.6) is 0 Å². The van der Waals surface area contributed by atoms with Gasteiger partial charge in [0.2, 0.25) is 0 Å². The number of aromatic nitrogens is 1. The molecule has 2 saturated carbocycles. The highest BCUT2D eigenvalue weighted by Gasteiger charge is 2.55. The van der Waals surface area contributed by atoms with Crippen molar-refractivity contribution in [1.82, 2.24) is 4.57 Å². The number of ether oxygens (including phenoxy) is 1. The van der Waals surface area contributed by atoms with Gasteiger partial charge in [0.1, 0.15) is 6.54 Å². The van der Waals surface area contributed by atoms with E-state index in [1.807, 2.05) is 11.8 Å². The number of carbonyl (C=O) groups is 1. The van der Waals surface area contributed by atoms with Gasteiger partial charge < -0.3 is 9.64 Å².